The number of aryl methyl sites for hydroxylation is 2. The zero-order valence-corrected chi connectivity index (χ0v) is 8.31. The Morgan fingerprint density at radius 1 is 1.50 bits per heavy atom. The number of rotatable bonds is 3. The van der Waals surface area contributed by atoms with Crippen molar-refractivity contribution >= 4 is 6.08 Å². The van der Waals surface area contributed by atoms with Gasteiger partial charge in [-0.3, -0.25) is 4.98 Å². The molecular formula is C10H12N4. The van der Waals surface area contributed by atoms with Gasteiger partial charge in [0.05, 0.1) is 0 Å². The van der Waals surface area contributed by atoms with E-state index in [1.807, 2.05) is 38.1 Å². The van der Waals surface area contributed by atoms with Gasteiger partial charge in [-0.1, -0.05) is 23.3 Å². The third-order valence-electron chi connectivity index (χ3n) is 1.81. The van der Waals surface area contributed by atoms with E-state index in [4.69, 9.17) is 5.53 Å². The van der Waals surface area contributed by atoms with Crippen LogP contribution in [0.15, 0.2) is 23.3 Å². The molecule has 1 aromatic rings. The normalized spacial score (nSPS) is 10.1. The second-order valence-electron chi connectivity index (χ2n) is 2.94. The lowest BCUT2D eigenvalue weighted by molar-refractivity contribution is 1.11. The van der Waals surface area contributed by atoms with Gasteiger partial charge in [-0.25, -0.2) is 0 Å². The van der Waals surface area contributed by atoms with E-state index in [1.165, 1.54) is 0 Å². The monoisotopic (exact) mass is 188 g/mol. The first-order valence-corrected chi connectivity index (χ1v) is 4.35. The Bertz CT molecular complexity index is 389. The van der Waals surface area contributed by atoms with Gasteiger partial charge >= 0.3 is 0 Å². The molecule has 72 valence electrons. The van der Waals surface area contributed by atoms with Crippen LogP contribution in [0.5, 0.6) is 0 Å². The maximum Gasteiger partial charge on any atom is 0.0447 e. The van der Waals surface area contributed by atoms with Crippen LogP contribution in [-0.4, -0.2) is 11.5 Å². The van der Waals surface area contributed by atoms with E-state index in [9.17, 15) is 0 Å². The second-order valence-corrected chi connectivity index (χ2v) is 2.94. The number of hydrogen-bond acceptors (Lipinski definition) is 2. The van der Waals surface area contributed by atoms with E-state index in [-0.39, 0.29) is 0 Å². The largest absolute Gasteiger partial charge is 0.258 e. The lowest BCUT2D eigenvalue weighted by atomic mass is 10.2. The molecule has 0 aliphatic rings. The van der Waals surface area contributed by atoms with E-state index in [1.54, 1.807) is 0 Å². The minimum atomic E-state index is 0.379. The summed E-state index contributed by atoms with van der Waals surface area (Å²) < 4.78 is 0. The van der Waals surface area contributed by atoms with Crippen LogP contribution in [0.3, 0.4) is 0 Å². The summed E-state index contributed by atoms with van der Waals surface area (Å²) in [6.45, 7) is 4.30. The minimum absolute atomic E-state index is 0.379. The van der Waals surface area contributed by atoms with Crippen LogP contribution >= 0.6 is 0 Å². The summed E-state index contributed by atoms with van der Waals surface area (Å²) in [6.07, 6.45) is 3.73. The van der Waals surface area contributed by atoms with Crippen LogP contribution < -0.4 is 0 Å². The van der Waals surface area contributed by atoms with Crippen molar-refractivity contribution in [2.24, 2.45) is 5.11 Å². The van der Waals surface area contributed by atoms with Gasteiger partial charge in [0.2, 0.25) is 0 Å². The predicted molar refractivity (Wildman–Crippen MR) is 56.8 cm³/mol. The average molecular weight is 188 g/mol. The fourth-order valence-corrected chi connectivity index (χ4v) is 1.14. The molecular weight excluding hydrogens is 176 g/mol. The molecule has 0 aliphatic carbocycles. The molecule has 1 heterocycles. The molecule has 0 saturated carbocycles. The summed E-state index contributed by atoms with van der Waals surface area (Å²) in [4.78, 5) is 6.98. The van der Waals surface area contributed by atoms with Gasteiger partial charge < -0.3 is 0 Å². The molecule has 0 bridgehead atoms. The SMILES string of the molecule is Cc1ccc(C=CCN=[N+]=[N-])c(C)n1. The highest BCUT2D eigenvalue weighted by Gasteiger charge is 1.94. The number of hydrogen-bond donors (Lipinski definition) is 0. The van der Waals surface area contributed by atoms with E-state index in [0.717, 1.165) is 17.0 Å². The number of nitrogens with zero attached hydrogens (tertiary/aromatic N) is 4. The van der Waals surface area contributed by atoms with Crippen molar-refractivity contribution in [2.45, 2.75) is 13.8 Å². The second kappa shape index (κ2) is 5.04. The van der Waals surface area contributed by atoms with E-state index >= 15 is 0 Å². The van der Waals surface area contributed by atoms with E-state index in [0.29, 0.717) is 6.54 Å². The summed E-state index contributed by atoms with van der Waals surface area (Å²) in [6, 6.07) is 3.96. The van der Waals surface area contributed by atoms with Gasteiger partial charge in [-0.05, 0) is 31.0 Å². The number of aromatic nitrogens is 1. The highest BCUT2D eigenvalue weighted by atomic mass is 15.1. The topological polar surface area (TPSA) is 61.7 Å². The molecule has 0 amide bonds. The Morgan fingerprint density at radius 3 is 2.93 bits per heavy atom. The zero-order chi connectivity index (χ0) is 10.4. The lowest BCUT2D eigenvalue weighted by Crippen LogP contribution is -1.88. The molecule has 4 heteroatoms. The highest BCUT2D eigenvalue weighted by molar-refractivity contribution is 5.51. The summed E-state index contributed by atoms with van der Waals surface area (Å²) in [7, 11) is 0. The summed E-state index contributed by atoms with van der Waals surface area (Å²) in [5.74, 6) is 0. The average Bonchev–Trinajstić information content (AvgIpc) is 2.15. The Morgan fingerprint density at radius 2 is 2.29 bits per heavy atom. The quantitative estimate of drug-likeness (QED) is 0.408. The van der Waals surface area contributed by atoms with Crippen molar-refractivity contribution < 1.29 is 0 Å². The molecule has 0 unspecified atom stereocenters. The van der Waals surface area contributed by atoms with Crippen molar-refractivity contribution in [3.8, 4) is 0 Å². The van der Waals surface area contributed by atoms with Gasteiger partial charge in [0.25, 0.3) is 0 Å². The Balaban J connectivity index is 2.76. The standard InChI is InChI=1S/C10H12N4/c1-8-5-6-10(9(2)13-8)4-3-7-12-14-11/h3-6H,7H2,1-2H3. The Labute approximate surface area is 82.9 Å². The minimum Gasteiger partial charge on any atom is -0.258 e. The van der Waals surface area contributed by atoms with Gasteiger partial charge in [0, 0.05) is 22.8 Å². The maximum atomic E-state index is 8.07. The van der Waals surface area contributed by atoms with Crippen molar-refractivity contribution in [2.75, 3.05) is 6.54 Å². The van der Waals surface area contributed by atoms with Gasteiger partial charge in [0.15, 0.2) is 0 Å². The molecule has 4 nitrogen and oxygen atoms in total. The molecule has 0 N–H and O–H groups in total. The van der Waals surface area contributed by atoms with Crippen LogP contribution in [-0.2, 0) is 0 Å². The third kappa shape index (κ3) is 2.92. The highest BCUT2D eigenvalue weighted by Crippen LogP contribution is 2.08. The van der Waals surface area contributed by atoms with Gasteiger partial charge in [0.1, 0.15) is 0 Å². The molecule has 0 aliphatic heterocycles. The lowest BCUT2D eigenvalue weighted by Gasteiger charge is -1.99. The molecule has 0 radical (unpaired) electrons. The van der Waals surface area contributed by atoms with Crippen LogP contribution in [0.4, 0.5) is 0 Å². The molecule has 14 heavy (non-hydrogen) atoms. The maximum absolute atomic E-state index is 8.07. The third-order valence-corrected chi connectivity index (χ3v) is 1.81. The fourth-order valence-electron chi connectivity index (χ4n) is 1.14. The molecule has 0 spiro atoms. The van der Waals surface area contributed by atoms with Crippen LogP contribution in [0.25, 0.3) is 16.5 Å². The first kappa shape index (κ1) is 10.3. The van der Waals surface area contributed by atoms with Crippen LogP contribution in [0.1, 0.15) is 17.0 Å². The number of pyridine rings is 1. The molecule has 0 fully saturated rings. The molecule has 0 saturated heterocycles. The van der Waals surface area contributed by atoms with Crippen molar-refractivity contribution in [3.05, 3.63) is 45.6 Å². The van der Waals surface area contributed by atoms with Crippen molar-refractivity contribution in [1.82, 2.24) is 4.98 Å². The summed E-state index contributed by atoms with van der Waals surface area (Å²) in [5, 5.41) is 3.41. The first-order chi connectivity index (χ1) is 6.74. The fraction of sp³-hybridized carbons (Fsp3) is 0.300. The van der Waals surface area contributed by atoms with E-state index in [2.05, 4.69) is 15.0 Å². The van der Waals surface area contributed by atoms with Gasteiger partial charge in [-0.15, -0.1) is 0 Å². The summed E-state index contributed by atoms with van der Waals surface area (Å²) >= 11 is 0. The molecule has 1 aromatic heterocycles. The Kier molecular flexibility index (Phi) is 3.70. The van der Waals surface area contributed by atoms with Crippen LogP contribution in [0.2, 0.25) is 0 Å². The van der Waals surface area contributed by atoms with Gasteiger partial charge in [-0.2, -0.15) is 0 Å². The summed E-state index contributed by atoms with van der Waals surface area (Å²) in [5.41, 5.74) is 11.1. The van der Waals surface area contributed by atoms with Crippen molar-refractivity contribution in [1.29, 1.82) is 0 Å². The smallest absolute Gasteiger partial charge is 0.0447 e. The van der Waals surface area contributed by atoms with Crippen LogP contribution in [0, 0.1) is 13.8 Å². The zero-order valence-electron chi connectivity index (χ0n) is 8.31. The molecule has 1 rings (SSSR count). The molecule has 0 atom stereocenters. The van der Waals surface area contributed by atoms with Crippen molar-refractivity contribution in [3.63, 3.8) is 0 Å². The van der Waals surface area contributed by atoms with E-state index < -0.39 is 0 Å². The number of azide groups is 1. The predicted octanol–water partition coefficient (Wildman–Crippen LogP) is 3.02. The first-order valence-electron chi connectivity index (χ1n) is 4.35. The molecule has 0 aromatic carbocycles. The Hall–Kier alpha value is -1.80.